The van der Waals surface area contributed by atoms with Gasteiger partial charge in [-0.15, -0.1) is 0 Å². The lowest BCUT2D eigenvalue weighted by molar-refractivity contribution is -0.144. The molecule has 1 aliphatic carbocycles. The van der Waals surface area contributed by atoms with Gasteiger partial charge in [0.15, 0.2) is 0 Å². The molecule has 1 unspecified atom stereocenters. The first-order chi connectivity index (χ1) is 18.8. The molecule has 0 aromatic heterocycles. The molecule has 4 aliphatic rings. The van der Waals surface area contributed by atoms with Gasteiger partial charge >= 0.3 is 0 Å². The number of rotatable bonds is 6. The molecule has 10 nitrogen and oxygen atoms in total. The van der Waals surface area contributed by atoms with Gasteiger partial charge in [-0.2, -0.15) is 0 Å². The molecule has 39 heavy (non-hydrogen) atoms. The number of likely N-dealkylation sites (tertiary alicyclic amines) is 1. The van der Waals surface area contributed by atoms with Crippen LogP contribution < -0.4 is 15.4 Å². The summed E-state index contributed by atoms with van der Waals surface area (Å²) in [5.41, 5.74) is 2.20. The van der Waals surface area contributed by atoms with Crippen LogP contribution in [-0.2, 0) is 4.79 Å². The lowest BCUT2D eigenvalue weighted by Crippen LogP contribution is -2.67. The van der Waals surface area contributed by atoms with Crippen molar-refractivity contribution in [2.45, 2.75) is 76.2 Å². The van der Waals surface area contributed by atoms with Gasteiger partial charge in [-0.3, -0.25) is 14.5 Å². The number of anilines is 1. The molecule has 2 N–H and O–H groups in total. The Bertz CT molecular complexity index is 1140. The number of piperazine rings is 1. The van der Waals surface area contributed by atoms with Crippen LogP contribution in [-0.4, -0.2) is 103 Å². The topological polar surface area (TPSA) is 92.7 Å². The van der Waals surface area contributed by atoms with Crippen LogP contribution in [0.2, 0.25) is 0 Å². The molecule has 1 aromatic carbocycles. The number of hydrogen-bond donors (Lipinski definition) is 2. The maximum atomic E-state index is 13.3. The number of methoxy groups -OCH3 is 1. The molecule has 2 saturated heterocycles. The third-order valence-corrected chi connectivity index (χ3v) is 8.83. The molecular weight excluding hydrogens is 494 g/mol. The molecule has 0 bridgehead atoms. The van der Waals surface area contributed by atoms with E-state index < -0.39 is 0 Å². The van der Waals surface area contributed by atoms with Crippen LogP contribution >= 0.6 is 0 Å². The number of carbonyl (C=O) groups is 2. The summed E-state index contributed by atoms with van der Waals surface area (Å²) in [5, 5.41) is 6.62. The van der Waals surface area contributed by atoms with Crippen molar-refractivity contribution in [3.05, 3.63) is 35.7 Å². The number of likely N-dealkylation sites (N-methyl/N-ethyl adjacent to an activating group) is 2. The average molecular weight is 538 g/mol. The number of guanidine groups is 1. The van der Waals surface area contributed by atoms with E-state index in [1.807, 2.05) is 32.4 Å². The largest absolute Gasteiger partial charge is 0.495 e. The number of aliphatic imine (C=N–C) groups is 1. The van der Waals surface area contributed by atoms with Gasteiger partial charge in [-0.05, 0) is 70.4 Å². The highest BCUT2D eigenvalue weighted by atomic mass is 16.5. The second kappa shape index (κ2) is 11.6. The summed E-state index contributed by atoms with van der Waals surface area (Å²) in [6.45, 7) is 4.08. The van der Waals surface area contributed by atoms with Gasteiger partial charge in [0.05, 0.1) is 30.7 Å². The monoisotopic (exact) mass is 537 g/mol. The van der Waals surface area contributed by atoms with Gasteiger partial charge < -0.3 is 30.1 Å². The highest BCUT2D eigenvalue weighted by Gasteiger charge is 2.48. The van der Waals surface area contributed by atoms with Gasteiger partial charge in [-0.25, -0.2) is 4.99 Å². The number of benzene rings is 1. The summed E-state index contributed by atoms with van der Waals surface area (Å²) >= 11 is 0. The maximum absolute atomic E-state index is 13.3. The number of ether oxygens (including phenoxy) is 1. The van der Waals surface area contributed by atoms with Crippen molar-refractivity contribution in [3.8, 4) is 5.75 Å². The lowest BCUT2D eigenvalue weighted by Gasteiger charge is -2.53. The number of amides is 2. The number of piperidine rings is 1. The minimum Gasteiger partial charge on any atom is -0.495 e. The molecule has 10 heteroatoms. The summed E-state index contributed by atoms with van der Waals surface area (Å²) in [5.74, 6) is 1.31. The summed E-state index contributed by atoms with van der Waals surface area (Å²) < 4.78 is 5.69. The number of nitrogens with zero attached hydrogens (tertiary/aromatic N) is 5. The Kier molecular flexibility index (Phi) is 8.13. The van der Waals surface area contributed by atoms with E-state index >= 15 is 0 Å². The summed E-state index contributed by atoms with van der Waals surface area (Å²) in [6, 6.07) is 5.89. The molecule has 2 amide bonds. The third-order valence-electron chi connectivity index (χ3n) is 8.83. The van der Waals surface area contributed by atoms with Crippen molar-refractivity contribution in [1.82, 2.24) is 24.9 Å². The fourth-order valence-electron chi connectivity index (χ4n) is 6.50. The highest BCUT2D eigenvalue weighted by molar-refractivity contribution is 5.99. The van der Waals surface area contributed by atoms with Crippen molar-refractivity contribution in [2.75, 3.05) is 46.7 Å². The normalized spacial score (nSPS) is 25.3. The Labute approximate surface area is 232 Å². The zero-order valence-electron chi connectivity index (χ0n) is 23.9. The Balaban J connectivity index is 1.36. The van der Waals surface area contributed by atoms with E-state index in [1.165, 1.54) is 12.8 Å². The third kappa shape index (κ3) is 5.36. The molecule has 0 spiro atoms. The van der Waals surface area contributed by atoms with Crippen molar-refractivity contribution in [2.24, 2.45) is 4.99 Å². The fraction of sp³-hybridized carbons (Fsp3) is 0.621. The predicted molar refractivity (Wildman–Crippen MR) is 153 cm³/mol. The number of nitrogens with one attached hydrogen (secondary N) is 2. The van der Waals surface area contributed by atoms with Crippen molar-refractivity contribution >= 4 is 23.5 Å². The Hall–Kier alpha value is -3.11. The van der Waals surface area contributed by atoms with Crippen LogP contribution in [0.25, 0.3) is 0 Å². The van der Waals surface area contributed by atoms with E-state index in [-0.39, 0.29) is 30.1 Å². The molecule has 212 valence electrons. The Morgan fingerprint density at radius 3 is 2.49 bits per heavy atom. The fourth-order valence-corrected chi connectivity index (χ4v) is 6.50. The molecule has 1 saturated carbocycles. The maximum Gasteiger partial charge on any atom is 0.251 e. The van der Waals surface area contributed by atoms with E-state index in [1.54, 1.807) is 18.1 Å². The van der Waals surface area contributed by atoms with Crippen LogP contribution in [0.4, 0.5) is 5.69 Å². The second-order valence-corrected chi connectivity index (χ2v) is 11.3. The highest BCUT2D eigenvalue weighted by Crippen LogP contribution is 2.37. The zero-order valence-corrected chi connectivity index (χ0v) is 23.9. The van der Waals surface area contributed by atoms with Gasteiger partial charge in [0.25, 0.3) is 5.91 Å². The SMILES string of the molecule is CC[C@@H]1C(=O)N(C)C2=CN=C(Nc3ccc(C(=O)NC4CCN(C)CC4)cc3OC)N(C)C2N1C1CCCC1. The number of carbonyl (C=O) groups excluding carboxylic acids is 2. The smallest absolute Gasteiger partial charge is 0.251 e. The van der Waals surface area contributed by atoms with Gasteiger partial charge in [-0.1, -0.05) is 19.8 Å². The van der Waals surface area contributed by atoms with Gasteiger partial charge in [0.2, 0.25) is 11.9 Å². The molecule has 2 atom stereocenters. The van der Waals surface area contributed by atoms with E-state index in [0.717, 1.165) is 56.6 Å². The molecule has 3 aliphatic heterocycles. The number of fused-ring (bicyclic) bond motifs is 1. The first kappa shape index (κ1) is 27.5. The summed E-state index contributed by atoms with van der Waals surface area (Å²) in [7, 11) is 7.60. The average Bonchev–Trinajstić information content (AvgIpc) is 3.48. The molecular formula is C29H43N7O3. The summed E-state index contributed by atoms with van der Waals surface area (Å²) in [4.78, 5) is 39.6. The lowest BCUT2D eigenvalue weighted by atomic mass is 9.99. The van der Waals surface area contributed by atoms with E-state index in [2.05, 4.69) is 39.3 Å². The zero-order chi connectivity index (χ0) is 27.7. The summed E-state index contributed by atoms with van der Waals surface area (Å²) in [6.07, 6.45) is 9.03. The Morgan fingerprint density at radius 2 is 1.82 bits per heavy atom. The van der Waals surface area contributed by atoms with E-state index in [9.17, 15) is 9.59 Å². The molecule has 1 aromatic rings. The molecule has 0 radical (unpaired) electrons. The standard InChI is InChI=1S/C29H43N7O3/c1-6-23-28(38)34(3)24-18-30-29(35(4)27(24)36(23)21-9-7-8-10-21)32-22-12-11-19(17-25(22)39-5)26(37)31-20-13-15-33(2)16-14-20/h11-12,17-18,20-21,23,27H,6-10,13-16H2,1-5H3,(H,30,32)(H,31,37)/t23-,27?/m1/s1. The first-order valence-corrected chi connectivity index (χ1v) is 14.3. The minimum absolute atomic E-state index is 0.0816. The van der Waals surface area contributed by atoms with Gasteiger partial charge in [0.1, 0.15) is 11.9 Å². The van der Waals surface area contributed by atoms with E-state index in [0.29, 0.717) is 23.3 Å². The van der Waals surface area contributed by atoms with Crippen LogP contribution in [0.5, 0.6) is 5.75 Å². The van der Waals surface area contributed by atoms with Crippen molar-refractivity contribution in [1.29, 1.82) is 0 Å². The molecule has 3 fully saturated rings. The molecule has 3 heterocycles. The Morgan fingerprint density at radius 1 is 1.10 bits per heavy atom. The predicted octanol–water partition coefficient (Wildman–Crippen LogP) is 2.90. The first-order valence-electron chi connectivity index (χ1n) is 14.3. The van der Waals surface area contributed by atoms with Crippen LogP contribution in [0, 0.1) is 0 Å². The van der Waals surface area contributed by atoms with E-state index in [4.69, 9.17) is 9.73 Å². The van der Waals surface area contributed by atoms with Crippen LogP contribution in [0.15, 0.2) is 35.1 Å². The number of hydrogen-bond acceptors (Lipinski definition) is 8. The molecule has 5 rings (SSSR count). The van der Waals surface area contributed by atoms with Crippen LogP contribution in [0.1, 0.15) is 62.2 Å². The minimum atomic E-state index is -0.154. The second-order valence-electron chi connectivity index (χ2n) is 11.3. The quantitative estimate of drug-likeness (QED) is 0.577. The van der Waals surface area contributed by atoms with Crippen molar-refractivity contribution in [3.63, 3.8) is 0 Å². The van der Waals surface area contributed by atoms with Crippen LogP contribution in [0.3, 0.4) is 0 Å². The van der Waals surface area contributed by atoms with Gasteiger partial charge in [0, 0.05) is 31.7 Å². The van der Waals surface area contributed by atoms with Crippen molar-refractivity contribution < 1.29 is 14.3 Å².